The molecule has 9 rings (SSSR count). The second-order valence-electron chi connectivity index (χ2n) is 12.5. The Bertz CT molecular complexity index is 2630. The van der Waals surface area contributed by atoms with Crippen LogP contribution in [-0.4, -0.2) is 30.6 Å². The van der Waals surface area contributed by atoms with Gasteiger partial charge in [0.1, 0.15) is 0 Å². The van der Waals surface area contributed by atoms with Crippen molar-refractivity contribution in [1.82, 2.24) is 19.5 Å². The van der Waals surface area contributed by atoms with E-state index in [0.29, 0.717) is 0 Å². The first-order chi connectivity index (χ1) is 25.5. The molecule has 0 unspecified atom stereocenters. The minimum Gasteiger partial charge on any atom is -0.481 e. The number of hydrogen-bond acceptors (Lipinski definition) is 3. The summed E-state index contributed by atoms with van der Waals surface area (Å²) in [6, 6.07) is 53.3. The molecule has 2 aliphatic rings. The van der Waals surface area contributed by atoms with Crippen LogP contribution in [0.15, 0.2) is 152 Å². The molecule has 4 aromatic carbocycles. The molecule has 5 heterocycles. The normalized spacial score (nSPS) is 11.6. The fourth-order valence-corrected chi connectivity index (χ4v) is 6.81. The molecule has 250 valence electrons. The lowest BCUT2D eigenvalue weighted by atomic mass is 9.93. The van der Waals surface area contributed by atoms with Gasteiger partial charge in [0.25, 0.3) is 5.97 Å². The molecule has 0 spiro atoms. The first-order valence-corrected chi connectivity index (χ1v) is 17.1. The number of nitrogens with one attached hydrogen (secondary N) is 1. The van der Waals surface area contributed by atoms with Gasteiger partial charge in [0.15, 0.2) is 0 Å². The van der Waals surface area contributed by atoms with E-state index in [1.54, 1.807) is 0 Å². The van der Waals surface area contributed by atoms with Crippen molar-refractivity contribution < 1.29 is 9.90 Å². The van der Waals surface area contributed by atoms with Gasteiger partial charge in [-0.25, -0.2) is 9.97 Å². The molecule has 0 saturated carbocycles. The second kappa shape index (κ2) is 14.1. The quantitative estimate of drug-likeness (QED) is 0.195. The molecule has 0 aliphatic carbocycles. The third-order valence-corrected chi connectivity index (χ3v) is 8.87. The molecule has 6 heteroatoms. The van der Waals surface area contributed by atoms with Gasteiger partial charge in [-0.1, -0.05) is 109 Å². The Balaban J connectivity index is 0.000000922. The average Bonchev–Trinajstić information content (AvgIpc) is 3.98. The summed E-state index contributed by atoms with van der Waals surface area (Å²) in [4.78, 5) is 22.9. The van der Waals surface area contributed by atoms with E-state index in [1.807, 2.05) is 0 Å². The van der Waals surface area contributed by atoms with Gasteiger partial charge in [-0.15, -0.1) is 0 Å². The lowest BCUT2D eigenvalue weighted by Gasteiger charge is -2.13. The maximum Gasteiger partial charge on any atom is 0.300 e. The molecule has 0 fully saturated rings. The van der Waals surface area contributed by atoms with Crippen LogP contribution in [0, 0.1) is 0 Å². The summed E-state index contributed by atoms with van der Waals surface area (Å²) in [6.45, 7) is 1.08. The zero-order chi connectivity index (χ0) is 35.4. The number of aromatic amines is 1. The number of H-pyrrole nitrogens is 1. The lowest BCUT2D eigenvalue weighted by molar-refractivity contribution is -0.134. The average molecular weight is 675 g/mol. The molecule has 3 aromatic heterocycles. The zero-order valence-corrected chi connectivity index (χ0v) is 28.4. The number of carboxylic acid groups (broad SMARTS) is 1. The first kappa shape index (κ1) is 32.2. The maximum atomic E-state index is 9.00. The van der Waals surface area contributed by atoms with E-state index in [-0.39, 0.29) is 0 Å². The van der Waals surface area contributed by atoms with Gasteiger partial charge in [0.2, 0.25) is 0 Å². The molecule has 7 aromatic rings. The second-order valence-corrected chi connectivity index (χ2v) is 12.5. The summed E-state index contributed by atoms with van der Waals surface area (Å²) in [5, 5.41) is 7.42. The number of rotatable bonds is 4. The number of aliphatic carboxylic acids is 1. The molecule has 0 saturated heterocycles. The van der Waals surface area contributed by atoms with E-state index < -0.39 is 5.97 Å². The van der Waals surface area contributed by atoms with E-state index in [1.165, 1.54) is 0 Å². The van der Waals surface area contributed by atoms with Crippen molar-refractivity contribution in [3.63, 3.8) is 0 Å². The monoisotopic (exact) mass is 674 g/mol. The van der Waals surface area contributed by atoms with Crippen molar-refractivity contribution in [1.29, 1.82) is 0 Å². The van der Waals surface area contributed by atoms with Crippen molar-refractivity contribution >= 4 is 52.3 Å². The Morgan fingerprint density at radius 1 is 0.538 bits per heavy atom. The highest BCUT2D eigenvalue weighted by atomic mass is 16.4. The van der Waals surface area contributed by atoms with Crippen LogP contribution in [0.4, 0.5) is 0 Å². The molecular weight excluding hydrogens is 641 g/mol. The van der Waals surface area contributed by atoms with Crippen molar-refractivity contribution in [2.45, 2.75) is 6.92 Å². The SMILES string of the molecule is C1=Cc2cc3c(-c4ccccc4)c(-c4ccccc4)c(c(-c4ccccc4)c4nc(cc5ccc(cc1n2)[nH]5)C=C4)n3-c1ccccc1.CC(=O)O. The van der Waals surface area contributed by atoms with Crippen LogP contribution < -0.4 is 0 Å². The van der Waals surface area contributed by atoms with Crippen LogP contribution in [0.5, 0.6) is 0 Å². The highest BCUT2D eigenvalue weighted by Gasteiger charge is 2.25. The molecule has 0 atom stereocenters. The topological polar surface area (TPSA) is 83.8 Å². The number of aromatic nitrogens is 4. The Morgan fingerprint density at radius 3 is 1.54 bits per heavy atom. The van der Waals surface area contributed by atoms with E-state index in [2.05, 4.69) is 186 Å². The molecular formula is C46H34N4O2. The summed E-state index contributed by atoms with van der Waals surface area (Å²) in [6.07, 6.45) is 8.44. The van der Waals surface area contributed by atoms with Gasteiger partial charge in [0, 0.05) is 40.3 Å². The van der Waals surface area contributed by atoms with Gasteiger partial charge in [-0.3, -0.25) is 4.79 Å². The summed E-state index contributed by atoms with van der Waals surface area (Å²) >= 11 is 0. The standard InChI is InChI=1S/C44H30N4.C2H4O2/c1-5-13-30(14-6-1)41-39-26-25-36(47-39)28-35-22-21-33(45-35)27-34-23-24-37(46-34)29-40-42(31-15-7-2-8-16-31)43(32-17-9-3-10-18-32)44(41)48(40)38-19-11-4-12-20-38;1-2(3)4/h1-29,45H;1H3,(H,3,4). The van der Waals surface area contributed by atoms with E-state index in [4.69, 9.17) is 19.9 Å². The molecule has 8 bridgehead atoms. The highest BCUT2D eigenvalue weighted by Crippen LogP contribution is 2.47. The molecule has 52 heavy (non-hydrogen) atoms. The summed E-state index contributed by atoms with van der Waals surface area (Å²) < 4.78 is 2.41. The number of carboxylic acids is 1. The maximum absolute atomic E-state index is 9.00. The molecule has 6 nitrogen and oxygen atoms in total. The smallest absolute Gasteiger partial charge is 0.300 e. The van der Waals surface area contributed by atoms with Crippen LogP contribution in [0.25, 0.3) is 85.4 Å². The predicted octanol–water partition coefficient (Wildman–Crippen LogP) is 11.2. The summed E-state index contributed by atoms with van der Waals surface area (Å²) in [5.41, 5.74) is 15.4. The van der Waals surface area contributed by atoms with Gasteiger partial charge >= 0.3 is 0 Å². The van der Waals surface area contributed by atoms with Gasteiger partial charge in [-0.2, -0.15) is 0 Å². The minimum absolute atomic E-state index is 0.833. The number of para-hydroxylation sites is 1. The Morgan fingerprint density at radius 2 is 0.981 bits per heavy atom. The van der Waals surface area contributed by atoms with Crippen LogP contribution in [0.3, 0.4) is 0 Å². The minimum atomic E-state index is -0.833. The fraction of sp³-hybridized carbons (Fsp3) is 0.0217. The summed E-state index contributed by atoms with van der Waals surface area (Å²) in [5.74, 6) is -0.833. The first-order valence-electron chi connectivity index (χ1n) is 17.1. The van der Waals surface area contributed by atoms with E-state index in [0.717, 1.165) is 90.8 Å². The van der Waals surface area contributed by atoms with Crippen molar-refractivity contribution in [3.05, 3.63) is 174 Å². The molecule has 2 aliphatic heterocycles. The van der Waals surface area contributed by atoms with Crippen molar-refractivity contribution in [2.24, 2.45) is 0 Å². The molecule has 0 amide bonds. The summed E-state index contributed by atoms with van der Waals surface area (Å²) in [7, 11) is 0. The van der Waals surface area contributed by atoms with E-state index in [9.17, 15) is 0 Å². The Hall–Kier alpha value is -7.05. The molecule has 2 N–H and O–H groups in total. The number of hydrogen-bond donors (Lipinski definition) is 2. The van der Waals surface area contributed by atoms with Crippen molar-refractivity contribution in [2.75, 3.05) is 0 Å². The number of fused-ring (bicyclic) bond motifs is 8. The molecule has 0 radical (unpaired) electrons. The van der Waals surface area contributed by atoms with E-state index >= 15 is 0 Å². The fourth-order valence-electron chi connectivity index (χ4n) is 6.81. The number of carbonyl (C=O) groups is 1. The largest absolute Gasteiger partial charge is 0.481 e. The Kier molecular flexibility index (Phi) is 8.70. The Labute approximate surface area is 301 Å². The van der Waals surface area contributed by atoms with Gasteiger partial charge < -0.3 is 14.7 Å². The van der Waals surface area contributed by atoms with Crippen molar-refractivity contribution in [3.8, 4) is 39.1 Å². The zero-order valence-electron chi connectivity index (χ0n) is 28.4. The number of nitrogens with zero attached hydrogens (tertiary/aromatic N) is 3. The third kappa shape index (κ3) is 6.49. The third-order valence-electron chi connectivity index (χ3n) is 8.87. The van der Waals surface area contributed by atoms with Gasteiger partial charge in [-0.05, 0) is 83.5 Å². The van der Waals surface area contributed by atoms with Crippen LogP contribution in [0.2, 0.25) is 0 Å². The predicted molar refractivity (Wildman–Crippen MR) is 213 cm³/mol. The lowest BCUT2D eigenvalue weighted by Crippen LogP contribution is -1.97. The van der Waals surface area contributed by atoms with Crippen LogP contribution in [0.1, 0.15) is 29.7 Å². The number of benzene rings is 4. The highest BCUT2D eigenvalue weighted by molar-refractivity contribution is 6.10. The van der Waals surface area contributed by atoms with Crippen LogP contribution in [-0.2, 0) is 4.79 Å². The van der Waals surface area contributed by atoms with Crippen LogP contribution >= 0.6 is 0 Å². The van der Waals surface area contributed by atoms with Gasteiger partial charge in [0.05, 0.1) is 33.8 Å².